The number of nitrogens with zero attached hydrogens (tertiary/aromatic N) is 2. The lowest BCUT2D eigenvalue weighted by molar-refractivity contribution is -0.870. The highest BCUT2D eigenvalue weighted by Crippen LogP contribution is 2.21. The number of carbonyl (C=O) groups excluding carboxylic acids is 5. The number of aromatic nitrogens is 1. The van der Waals surface area contributed by atoms with Gasteiger partial charge < -0.3 is 40.7 Å². The molecular formula is C32H48N7O7+. The Balaban J connectivity index is 2.00. The van der Waals surface area contributed by atoms with Crippen molar-refractivity contribution in [3.8, 4) is 0 Å². The number of para-hydroxylation sites is 1. The van der Waals surface area contributed by atoms with E-state index in [1.54, 1.807) is 20.0 Å². The molecule has 14 heteroatoms. The van der Waals surface area contributed by atoms with Gasteiger partial charge in [-0.1, -0.05) is 32.0 Å². The summed E-state index contributed by atoms with van der Waals surface area (Å²) in [5.74, 6) is -5.14. The molecule has 252 valence electrons. The lowest BCUT2D eigenvalue weighted by Gasteiger charge is -2.34. The molecule has 1 aromatic heterocycles. The first-order chi connectivity index (χ1) is 21.6. The standard InChI is InChI=1S/C32H47N7O7/c1-19(2)28-31(45)36-23(13-9-10-14-39(4,5)6)29(43)34-18-26(40)35-24(16-27(41)42)30(44)37-25(32(46)38(28)3)15-20-17-33-22-12-8-7-11-21(20)22/h7-8,11-12,17,19,23-25,28,33H,9-10,13-16,18H2,1-6H3,(H4-,34,35,36,37,40,41,42,43,44,45)/p+1. The van der Waals surface area contributed by atoms with Crippen LogP contribution in [0.5, 0.6) is 0 Å². The maximum Gasteiger partial charge on any atom is 0.305 e. The summed E-state index contributed by atoms with van der Waals surface area (Å²) < 4.78 is 0.732. The van der Waals surface area contributed by atoms with Crippen molar-refractivity contribution >= 4 is 46.4 Å². The van der Waals surface area contributed by atoms with Crippen molar-refractivity contribution in [1.82, 2.24) is 31.2 Å². The van der Waals surface area contributed by atoms with E-state index in [2.05, 4.69) is 47.4 Å². The monoisotopic (exact) mass is 642 g/mol. The second-order valence-corrected chi connectivity index (χ2v) is 13.3. The maximum absolute atomic E-state index is 14.1. The highest BCUT2D eigenvalue weighted by atomic mass is 16.4. The highest BCUT2D eigenvalue weighted by Gasteiger charge is 2.37. The Morgan fingerprint density at radius 3 is 2.26 bits per heavy atom. The van der Waals surface area contributed by atoms with E-state index in [-0.39, 0.29) is 12.3 Å². The van der Waals surface area contributed by atoms with Crippen LogP contribution in [0.2, 0.25) is 0 Å². The molecule has 0 bridgehead atoms. The van der Waals surface area contributed by atoms with Gasteiger partial charge in [0.05, 0.1) is 40.7 Å². The van der Waals surface area contributed by atoms with Crippen molar-refractivity contribution in [1.29, 1.82) is 0 Å². The van der Waals surface area contributed by atoms with Gasteiger partial charge in [0.1, 0.15) is 24.2 Å². The van der Waals surface area contributed by atoms with Gasteiger partial charge in [-0.05, 0) is 36.8 Å². The van der Waals surface area contributed by atoms with Gasteiger partial charge in [-0.15, -0.1) is 0 Å². The molecule has 6 N–H and O–H groups in total. The maximum atomic E-state index is 14.1. The van der Waals surface area contributed by atoms with Crippen molar-refractivity contribution in [2.45, 2.75) is 70.1 Å². The number of rotatable bonds is 10. The quantitative estimate of drug-likeness (QED) is 0.157. The summed E-state index contributed by atoms with van der Waals surface area (Å²) in [5, 5.41) is 20.6. The number of hydrogen-bond donors (Lipinski definition) is 6. The first-order valence-electron chi connectivity index (χ1n) is 15.6. The first kappa shape index (κ1) is 36.0. The molecule has 3 rings (SSSR count). The predicted octanol–water partition coefficient (Wildman–Crippen LogP) is 0.129. The van der Waals surface area contributed by atoms with E-state index in [1.165, 1.54) is 11.9 Å². The third-order valence-electron chi connectivity index (χ3n) is 8.04. The molecular weight excluding hydrogens is 594 g/mol. The summed E-state index contributed by atoms with van der Waals surface area (Å²) in [6.07, 6.45) is 2.70. The average molecular weight is 643 g/mol. The minimum Gasteiger partial charge on any atom is -0.481 e. The van der Waals surface area contributed by atoms with Crippen LogP contribution < -0.4 is 21.3 Å². The van der Waals surface area contributed by atoms with Crippen LogP contribution in [0.25, 0.3) is 10.9 Å². The fourth-order valence-electron chi connectivity index (χ4n) is 5.68. The average Bonchev–Trinajstić information content (AvgIpc) is 3.37. The smallest absolute Gasteiger partial charge is 0.305 e. The van der Waals surface area contributed by atoms with Gasteiger partial charge in [0.2, 0.25) is 29.5 Å². The van der Waals surface area contributed by atoms with Gasteiger partial charge in [-0.2, -0.15) is 0 Å². The lowest BCUT2D eigenvalue weighted by atomic mass is 9.98. The number of H-pyrrole nitrogens is 1. The van der Waals surface area contributed by atoms with E-state index in [0.717, 1.165) is 28.4 Å². The zero-order chi connectivity index (χ0) is 34.2. The molecule has 1 saturated heterocycles. The number of aromatic amines is 1. The fourth-order valence-corrected chi connectivity index (χ4v) is 5.68. The number of aliphatic carboxylic acids is 1. The first-order valence-corrected chi connectivity index (χ1v) is 15.6. The summed E-state index contributed by atoms with van der Waals surface area (Å²) in [6.45, 7) is 3.85. The Morgan fingerprint density at radius 1 is 0.935 bits per heavy atom. The molecule has 1 aliphatic rings. The number of nitrogens with one attached hydrogen (secondary N) is 5. The van der Waals surface area contributed by atoms with Crippen molar-refractivity contribution < 1.29 is 38.4 Å². The van der Waals surface area contributed by atoms with Crippen LogP contribution in [0.1, 0.15) is 45.1 Å². The molecule has 0 aliphatic carbocycles. The van der Waals surface area contributed by atoms with Crippen molar-refractivity contribution in [3.05, 3.63) is 36.0 Å². The highest BCUT2D eigenvalue weighted by molar-refractivity contribution is 5.98. The van der Waals surface area contributed by atoms with Crippen LogP contribution in [0.4, 0.5) is 0 Å². The Morgan fingerprint density at radius 2 is 1.61 bits per heavy atom. The number of hydrogen-bond acceptors (Lipinski definition) is 6. The number of likely N-dealkylation sites (N-methyl/N-ethyl adjacent to an activating group) is 1. The minimum absolute atomic E-state index is 0.0219. The number of carbonyl (C=O) groups is 6. The van der Waals surface area contributed by atoms with Gasteiger partial charge in [0.15, 0.2) is 0 Å². The molecule has 0 spiro atoms. The third-order valence-corrected chi connectivity index (χ3v) is 8.04. The van der Waals surface area contributed by atoms with Crippen LogP contribution in [0.15, 0.2) is 30.5 Å². The van der Waals surface area contributed by atoms with Crippen LogP contribution in [-0.2, 0) is 35.2 Å². The Hall–Kier alpha value is -4.46. The SMILES string of the molecule is CC(C)C1C(=O)NC(CCCC[N+](C)(C)C)C(=O)NCC(=O)NC(CC(=O)O)C(=O)NC(Cc2c[nH]c3ccccc23)C(=O)N1C. The number of benzene rings is 1. The van der Waals surface area contributed by atoms with Crippen LogP contribution >= 0.6 is 0 Å². The van der Waals surface area contributed by atoms with Gasteiger partial charge in [-0.25, -0.2) is 0 Å². The summed E-state index contributed by atoms with van der Waals surface area (Å²) in [5.41, 5.74) is 1.54. The van der Waals surface area contributed by atoms with Crippen LogP contribution in [0.3, 0.4) is 0 Å². The van der Waals surface area contributed by atoms with E-state index in [4.69, 9.17) is 0 Å². The van der Waals surface area contributed by atoms with E-state index < -0.39 is 72.6 Å². The predicted molar refractivity (Wildman–Crippen MR) is 171 cm³/mol. The molecule has 0 saturated carbocycles. The number of unbranched alkanes of at least 4 members (excludes halogenated alkanes) is 1. The van der Waals surface area contributed by atoms with Gasteiger partial charge in [0, 0.05) is 30.6 Å². The minimum atomic E-state index is -1.53. The number of fused-ring (bicyclic) bond motifs is 1. The van der Waals surface area contributed by atoms with Crippen molar-refractivity contribution in [3.63, 3.8) is 0 Å². The van der Waals surface area contributed by atoms with E-state index in [9.17, 15) is 33.9 Å². The molecule has 4 unspecified atom stereocenters. The normalized spacial score (nSPS) is 22.5. The van der Waals surface area contributed by atoms with Crippen molar-refractivity contribution in [2.75, 3.05) is 41.3 Å². The molecule has 1 fully saturated rings. The topological polar surface area (TPSA) is 190 Å². The molecule has 4 atom stereocenters. The molecule has 2 aromatic rings. The lowest BCUT2D eigenvalue weighted by Crippen LogP contribution is -2.59. The summed E-state index contributed by atoms with van der Waals surface area (Å²) in [4.78, 5) is 83.5. The summed E-state index contributed by atoms with van der Waals surface area (Å²) >= 11 is 0. The Labute approximate surface area is 269 Å². The number of carboxylic acids is 1. The largest absolute Gasteiger partial charge is 0.481 e. The van der Waals surface area contributed by atoms with Gasteiger partial charge in [0.25, 0.3) is 0 Å². The van der Waals surface area contributed by atoms with E-state index in [1.807, 2.05) is 24.3 Å². The second kappa shape index (κ2) is 15.7. The Bertz CT molecular complexity index is 1430. The van der Waals surface area contributed by atoms with Crippen LogP contribution in [-0.4, -0.2) is 120 Å². The molecule has 1 aliphatic heterocycles. The van der Waals surface area contributed by atoms with Crippen LogP contribution in [0, 0.1) is 5.92 Å². The molecule has 14 nitrogen and oxygen atoms in total. The second-order valence-electron chi connectivity index (χ2n) is 13.3. The zero-order valence-corrected chi connectivity index (χ0v) is 27.5. The van der Waals surface area contributed by atoms with Crippen molar-refractivity contribution in [2.24, 2.45) is 5.92 Å². The fraction of sp³-hybridized carbons (Fsp3) is 0.562. The molecule has 0 radical (unpaired) electrons. The number of carboxylic acid groups (broad SMARTS) is 1. The molecule has 2 heterocycles. The van der Waals surface area contributed by atoms with Gasteiger partial charge in [-0.3, -0.25) is 28.8 Å². The van der Waals surface area contributed by atoms with E-state index >= 15 is 0 Å². The summed E-state index contributed by atoms with van der Waals surface area (Å²) in [6, 6.07) is 2.70. The molecule has 46 heavy (non-hydrogen) atoms. The molecule has 5 amide bonds. The Kier molecular flexibility index (Phi) is 12.3. The third kappa shape index (κ3) is 10.0. The van der Waals surface area contributed by atoms with E-state index in [0.29, 0.717) is 18.4 Å². The summed E-state index contributed by atoms with van der Waals surface area (Å²) in [7, 11) is 7.63. The van der Waals surface area contributed by atoms with Gasteiger partial charge >= 0.3 is 5.97 Å². The number of quaternary nitrogens is 1. The molecule has 1 aromatic carbocycles. The zero-order valence-electron chi connectivity index (χ0n) is 27.5. The number of amides is 5.